The number of benzene rings is 2. The lowest BCUT2D eigenvalue weighted by atomic mass is 10.1. The molecule has 1 aliphatic heterocycles. The molecule has 2 aromatic carbocycles. The minimum Gasteiger partial charge on any atom is -0.493 e. The van der Waals surface area contributed by atoms with Crippen molar-refractivity contribution in [3.8, 4) is 17.2 Å². The Kier molecular flexibility index (Phi) is 4.61. The highest BCUT2D eigenvalue weighted by molar-refractivity contribution is 5.98. The second-order valence-electron chi connectivity index (χ2n) is 5.95. The summed E-state index contributed by atoms with van der Waals surface area (Å²) in [5.74, 6) is 0.436. The van der Waals surface area contributed by atoms with E-state index < -0.39 is 6.23 Å². The van der Waals surface area contributed by atoms with Gasteiger partial charge in [-0.05, 0) is 30.3 Å². The molecule has 0 saturated carbocycles. The van der Waals surface area contributed by atoms with E-state index in [1.807, 2.05) is 6.07 Å². The number of esters is 1. The number of amides is 1. The predicted molar refractivity (Wildman–Crippen MR) is 90.7 cm³/mol. The van der Waals surface area contributed by atoms with Gasteiger partial charge < -0.3 is 19.5 Å². The fraction of sp³-hybridized carbons (Fsp3) is 0.263. The molecule has 0 bridgehead atoms. The van der Waals surface area contributed by atoms with E-state index in [1.54, 1.807) is 50.2 Å². The monoisotopic (exact) mass is 341 g/mol. The normalized spacial score (nSPS) is 15.8. The Balaban J connectivity index is 1.87. The molecule has 3 rings (SSSR count). The maximum atomic E-state index is 12.2. The molecule has 6 heteroatoms. The molecule has 1 unspecified atom stereocenters. The Morgan fingerprint density at radius 2 is 1.92 bits per heavy atom. The molecule has 0 fully saturated rings. The van der Waals surface area contributed by atoms with Crippen LogP contribution in [0.25, 0.3) is 0 Å². The van der Waals surface area contributed by atoms with E-state index in [1.165, 1.54) is 7.11 Å². The molecule has 130 valence electrons. The van der Waals surface area contributed by atoms with Crippen molar-refractivity contribution >= 4 is 11.9 Å². The molecule has 0 aromatic heterocycles. The quantitative estimate of drug-likeness (QED) is 0.683. The van der Waals surface area contributed by atoms with E-state index in [4.69, 9.17) is 14.2 Å². The number of hydrogen-bond donors (Lipinski definition) is 1. The van der Waals surface area contributed by atoms with Crippen LogP contribution in [-0.2, 0) is 4.79 Å². The first-order valence-electron chi connectivity index (χ1n) is 7.95. The van der Waals surface area contributed by atoms with Gasteiger partial charge in [-0.2, -0.15) is 0 Å². The van der Waals surface area contributed by atoms with Crippen molar-refractivity contribution in [3.05, 3.63) is 53.6 Å². The van der Waals surface area contributed by atoms with Crippen LogP contribution < -0.4 is 19.5 Å². The van der Waals surface area contributed by atoms with Gasteiger partial charge in [-0.15, -0.1) is 0 Å². The van der Waals surface area contributed by atoms with Gasteiger partial charge in [0.1, 0.15) is 5.75 Å². The SMILES string of the molecule is COc1cc(C2NC(=O)c3ccccc3O2)ccc1OC(=O)C(C)C. The summed E-state index contributed by atoms with van der Waals surface area (Å²) in [5.41, 5.74) is 1.18. The van der Waals surface area contributed by atoms with Crippen molar-refractivity contribution in [2.45, 2.75) is 20.1 Å². The van der Waals surface area contributed by atoms with Gasteiger partial charge in [-0.25, -0.2) is 0 Å². The smallest absolute Gasteiger partial charge is 0.313 e. The van der Waals surface area contributed by atoms with Crippen molar-refractivity contribution in [2.75, 3.05) is 7.11 Å². The average Bonchev–Trinajstić information content (AvgIpc) is 2.61. The van der Waals surface area contributed by atoms with E-state index in [9.17, 15) is 9.59 Å². The fourth-order valence-corrected chi connectivity index (χ4v) is 2.42. The highest BCUT2D eigenvalue weighted by Crippen LogP contribution is 2.34. The Hall–Kier alpha value is -3.02. The van der Waals surface area contributed by atoms with E-state index in [-0.39, 0.29) is 17.8 Å². The molecule has 6 nitrogen and oxygen atoms in total. The van der Waals surface area contributed by atoms with Crippen LogP contribution in [-0.4, -0.2) is 19.0 Å². The van der Waals surface area contributed by atoms with Crippen LogP contribution in [0.1, 0.15) is 36.0 Å². The zero-order valence-corrected chi connectivity index (χ0v) is 14.2. The standard InChI is InChI=1S/C19H19NO5/c1-11(2)19(22)25-15-9-8-12(10-16(15)23-3)18-20-17(21)13-6-4-5-7-14(13)24-18/h4-11,18H,1-3H3,(H,20,21). The average molecular weight is 341 g/mol. The number of rotatable bonds is 4. The molecule has 1 aliphatic rings. The molecule has 1 heterocycles. The Bertz CT molecular complexity index is 815. The van der Waals surface area contributed by atoms with E-state index in [0.29, 0.717) is 28.4 Å². The molecular weight excluding hydrogens is 322 g/mol. The van der Waals surface area contributed by atoms with Crippen LogP contribution in [0.2, 0.25) is 0 Å². The lowest BCUT2D eigenvalue weighted by molar-refractivity contribution is -0.137. The minimum absolute atomic E-state index is 0.207. The summed E-state index contributed by atoms with van der Waals surface area (Å²) in [6, 6.07) is 12.1. The molecule has 0 radical (unpaired) electrons. The molecule has 0 saturated heterocycles. The second kappa shape index (κ2) is 6.84. The van der Waals surface area contributed by atoms with Crippen molar-refractivity contribution in [1.82, 2.24) is 5.32 Å². The zero-order valence-electron chi connectivity index (χ0n) is 14.2. The minimum atomic E-state index is -0.647. The number of methoxy groups -OCH3 is 1. The lowest BCUT2D eigenvalue weighted by Gasteiger charge is -2.27. The molecule has 1 amide bonds. The highest BCUT2D eigenvalue weighted by atomic mass is 16.6. The predicted octanol–water partition coefficient (Wildman–Crippen LogP) is 3.08. The molecule has 25 heavy (non-hydrogen) atoms. The first kappa shape index (κ1) is 16.8. The van der Waals surface area contributed by atoms with Crippen molar-refractivity contribution in [2.24, 2.45) is 5.92 Å². The Labute approximate surface area is 145 Å². The van der Waals surface area contributed by atoms with E-state index >= 15 is 0 Å². The summed E-state index contributed by atoms with van der Waals surface area (Å²) in [4.78, 5) is 24.0. The van der Waals surface area contributed by atoms with Gasteiger partial charge in [0, 0.05) is 5.56 Å². The molecule has 1 atom stereocenters. The van der Waals surface area contributed by atoms with E-state index in [2.05, 4.69) is 5.32 Å². The third-order valence-electron chi connectivity index (χ3n) is 3.81. The summed E-state index contributed by atoms with van der Waals surface area (Å²) in [5, 5.41) is 2.79. The Morgan fingerprint density at radius 1 is 1.16 bits per heavy atom. The van der Waals surface area contributed by atoms with Crippen molar-refractivity contribution in [1.29, 1.82) is 0 Å². The van der Waals surface area contributed by atoms with Crippen LogP contribution in [0, 0.1) is 5.92 Å². The van der Waals surface area contributed by atoms with Gasteiger partial charge in [0.2, 0.25) is 0 Å². The van der Waals surface area contributed by atoms with Gasteiger partial charge in [0.25, 0.3) is 5.91 Å². The van der Waals surface area contributed by atoms with Gasteiger partial charge >= 0.3 is 5.97 Å². The molecule has 0 aliphatic carbocycles. The zero-order chi connectivity index (χ0) is 18.0. The summed E-state index contributed by atoms with van der Waals surface area (Å²) >= 11 is 0. The maximum Gasteiger partial charge on any atom is 0.313 e. The Morgan fingerprint density at radius 3 is 2.64 bits per heavy atom. The van der Waals surface area contributed by atoms with E-state index in [0.717, 1.165) is 0 Å². The van der Waals surface area contributed by atoms with Crippen LogP contribution in [0.5, 0.6) is 17.2 Å². The topological polar surface area (TPSA) is 73.9 Å². The summed E-state index contributed by atoms with van der Waals surface area (Å²) in [6.07, 6.45) is -0.647. The highest BCUT2D eigenvalue weighted by Gasteiger charge is 2.27. The fourth-order valence-electron chi connectivity index (χ4n) is 2.42. The molecule has 1 N–H and O–H groups in total. The number of ether oxygens (including phenoxy) is 3. The number of nitrogens with one attached hydrogen (secondary N) is 1. The van der Waals surface area contributed by atoms with Gasteiger partial charge in [-0.1, -0.05) is 26.0 Å². The van der Waals surface area contributed by atoms with Gasteiger partial charge in [0.05, 0.1) is 18.6 Å². The lowest BCUT2D eigenvalue weighted by Crippen LogP contribution is -2.36. The van der Waals surface area contributed by atoms with Crippen LogP contribution in [0.3, 0.4) is 0 Å². The van der Waals surface area contributed by atoms with Crippen LogP contribution in [0.15, 0.2) is 42.5 Å². The molecular formula is C19H19NO5. The largest absolute Gasteiger partial charge is 0.493 e. The number of carbonyl (C=O) groups is 2. The molecule has 2 aromatic rings. The molecule has 0 spiro atoms. The third kappa shape index (κ3) is 3.42. The van der Waals surface area contributed by atoms with Crippen LogP contribution >= 0.6 is 0 Å². The van der Waals surface area contributed by atoms with Crippen molar-refractivity contribution < 1.29 is 23.8 Å². The third-order valence-corrected chi connectivity index (χ3v) is 3.81. The van der Waals surface area contributed by atoms with Crippen molar-refractivity contribution in [3.63, 3.8) is 0 Å². The summed E-state index contributed by atoms with van der Waals surface area (Å²) < 4.78 is 16.5. The first-order chi connectivity index (χ1) is 12.0. The number of fused-ring (bicyclic) bond motifs is 1. The summed E-state index contributed by atoms with van der Waals surface area (Å²) in [7, 11) is 1.49. The first-order valence-corrected chi connectivity index (χ1v) is 7.95. The second-order valence-corrected chi connectivity index (χ2v) is 5.95. The van der Waals surface area contributed by atoms with Gasteiger partial charge in [-0.3, -0.25) is 9.59 Å². The van der Waals surface area contributed by atoms with Crippen LogP contribution in [0.4, 0.5) is 0 Å². The maximum absolute atomic E-state index is 12.2. The number of carbonyl (C=O) groups excluding carboxylic acids is 2. The summed E-state index contributed by atoms with van der Waals surface area (Å²) in [6.45, 7) is 3.51. The number of para-hydroxylation sites is 1. The number of hydrogen-bond acceptors (Lipinski definition) is 5. The van der Waals surface area contributed by atoms with Gasteiger partial charge in [0.15, 0.2) is 17.7 Å².